The molecule has 0 aliphatic carbocycles. The number of phenols is 1. The van der Waals surface area contributed by atoms with Gasteiger partial charge in [-0.2, -0.15) is 0 Å². The lowest BCUT2D eigenvalue weighted by atomic mass is 9.90. The number of halogens is 1. The van der Waals surface area contributed by atoms with Gasteiger partial charge in [0.1, 0.15) is 11.5 Å². The number of nitrogens with one attached hydrogen (secondary N) is 1. The van der Waals surface area contributed by atoms with Gasteiger partial charge in [0.15, 0.2) is 0 Å². The molecule has 0 aliphatic rings. The van der Waals surface area contributed by atoms with Gasteiger partial charge in [0.2, 0.25) is 0 Å². The molecule has 0 spiro atoms. The average Bonchev–Trinajstić information content (AvgIpc) is 2.36. The predicted molar refractivity (Wildman–Crippen MR) is 76.1 cm³/mol. The smallest absolute Gasteiger partial charge is 0.255 e. The number of methoxy groups -OCH3 is 1. The number of carbonyl (C=O) groups is 1. The molecule has 1 rings (SSSR count). The first-order valence-corrected chi connectivity index (χ1v) is 6.64. The summed E-state index contributed by atoms with van der Waals surface area (Å²) in [6.45, 7) is 4.57. The van der Waals surface area contributed by atoms with Crippen LogP contribution in [0.2, 0.25) is 0 Å². The van der Waals surface area contributed by atoms with E-state index in [4.69, 9.17) is 16.3 Å². The third-order valence-corrected chi connectivity index (χ3v) is 3.14. The maximum Gasteiger partial charge on any atom is 0.255 e. The summed E-state index contributed by atoms with van der Waals surface area (Å²) >= 11 is 5.71. The van der Waals surface area contributed by atoms with E-state index in [2.05, 4.69) is 5.32 Å². The summed E-state index contributed by atoms with van der Waals surface area (Å²) in [7, 11) is 1.50. The summed E-state index contributed by atoms with van der Waals surface area (Å²) in [5, 5.41) is 12.6. The first kappa shape index (κ1) is 15.6. The first-order valence-electron chi connectivity index (χ1n) is 6.11. The van der Waals surface area contributed by atoms with Gasteiger partial charge in [0.05, 0.1) is 12.7 Å². The minimum absolute atomic E-state index is 0.0699. The van der Waals surface area contributed by atoms with Gasteiger partial charge in [-0.3, -0.25) is 4.79 Å². The Kier molecular flexibility index (Phi) is 5.48. The second kappa shape index (κ2) is 6.66. The van der Waals surface area contributed by atoms with E-state index in [1.54, 1.807) is 6.07 Å². The Balaban J connectivity index is 2.68. The average molecular weight is 286 g/mol. The van der Waals surface area contributed by atoms with Crippen LogP contribution in [0.25, 0.3) is 0 Å². The summed E-state index contributed by atoms with van der Waals surface area (Å²) in [6, 6.07) is 4.59. The standard InChI is InChI=1S/C14H20ClNO3/c1-14(2,6-7-15)9-16-13(18)11-5-4-10(19-3)8-12(11)17/h4-5,8,17H,6-7,9H2,1-3H3,(H,16,18). The zero-order valence-corrected chi connectivity index (χ0v) is 12.3. The summed E-state index contributed by atoms with van der Waals surface area (Å²) < 4.78 is 4.97. The summed E-state index contributed by atoms with van der Waals surface area (Å²) in [4.78, 5) is 12.0. The van der Waals surface area contributed by atoms with Crippen LogP contribution in [-0.2, 0) is 0 Å². The van der Waals surface area contributed by atoms with Crippen LogP contribution in [0.1, 0.15) is 30.6 Å². The number of amides is 1. The molecule has 0 aliphatic heterocycles. The molecule has 5 heteroatoms. The van der Waals surface area contributed by atoms with Crippen LogP contribution in [0.4, 0.5) is 0 Å². The van der Waals surface area contributed by atoms with Crippen LogP contribution < -0.4 is 10.1 Å². The van der Waals surface area contributed by atoms with Crippen LogP contribution in [0.15, 0.2) is 18.2 Å². The zero-order chi connectivity index (χ0) is 14.5. The third-order valence-electron chi connectivity index (χ3n) is 2.95. The Labute approximate surface area is 118 Å². The number of alkyl halides is 1. The van der Waals surface area contributed by atoms with Crippen LogP contribution in [0.5, 0.6) is 11.5 Å². The van der Waals surface area contributed by atoms with Gasteiger partial charge < -0.3 is 15.2 Å². The molecule has 0 aromatic heterocycles. The largest absolute Gasteiger partial charge is 0.507 e. The number of carbonyl (C=O) groups excluding carboxylic acids is 1. The van der Waals surface area contributed by atoms with Crippen LogP contribution in [0.3, 0.4) is 0 Å². The highest BCUT2D eigenvalue weighted by atomic mass is 35.5. The van der Waals surface area contributed by atoms with E-state index in [-0.39, 0.29) is 22.6 Å². The fourth-order valence-corrected chi connectivity index (χ4v) is 2.10. The molecule has 4 nitrogen and oxygen atoms in total. The van der Waals surface area contributed by atoms with E-state index < -0.39 is 0 Å². The van der Waals surface area contributed by atoms with E-state index >= 15 is 0 Å². The lowest BCUT2D eigenvalue weighted by molar-refractivity contribution is 0.0933. The zero-order valence-electron chi connectivity index (χ0n) is 11.5. The van der Waals surface area contributed by atoms with E-state index in [1.165, 1.54) is 19.2 Å². The minimum Gasteiger partial charge on any atom is -0.507 e. The first-order chi connectivity index (χ1) is 8.89. The Bertz CT molecular complexity index is 446. The number of ether oxygens (including phenoxy) is 1. The molecule has 0 saturated carbocycles. The monoisotopic (exact) mass is 285 g/mol. The highest BCUT2D eigenvalue weighted by molar-refractivity contribution is 6.17. The van der Waals surface area contributed by atoms with Crippen LogP contribution >= 0.6 is 11.6 Å². The third kappa shape index (κ3) is 4.63. The Morgan fingerprint density at radius 3 is 2.68 bits per heavy atom. The van der Waals surface area contributed by atoms with Crippen molar-refractivity contribution >= 4 is 17.5 Å². The molecule has 106 valence electrons. The van der Waals surface area contributed by atoms with Crippen molar-refractivity contribution in [1.82, 2.24) is 5.32 Å². The van der Waals surface area contributed by atoms with Crippen molar-refractivity contribution in [2.24, 2.45) is 5.41 Å². The number of hydrogen-bond acceptors (Lipinski definition) is 3. The fraction of sp³-hybridized carbons (Fsp3) is 0.500. The number of benzene rings is 1. The highest BCUT2D eigenvalue weighted by Crippen LogP contribution is 2.24. The van der Waals surface area contributed by atoms with Crippen molar-refractivity contribution in [2.45, 2.75) is 20.3 Å². The lowest BCUT2D eigenvalue weighted by Crippen LogP contribution is -2.34. The Morgan fingerprint density at radius 2 is 2.16 bits per heavy atom. The van der Waals surface area contributed by atoms with Gasteiger partial charge in [-0.05, 0) is 24.0 Å². The molecule has 1 aromatic rings. The number of rotatable bonds is 6. The van der Waals surface area contributed by atoms with E-state index in [9.17, 15) is 9.90 Å². The molecule has 2 N–H and O–H groups in total. The van der Waals surface area contributed by atoms with Crippen LogP contribution in [-0.4, -0.2) is 30.5 Å². The van der Waals surface area contributed by atoms with E-state index in [1.807, 2.05) is 13.8 Å². The molecular weight excluding hydrogens is 266 g/mol. The van der Waals surface area contributed by atoms with Crippen molar-refractivity contribution in [3.8, 4) is 11.5 Å². The quantitative estimate of drug-likeness (QED) is 0.790. The van der Waals surface area contributed by atoms with Crippen molar-refractivity contribution in [2.75, 3.05) is 19.5 Å². The second-order valence-electron chi connectivity index (χ2n) is 5.17. The topological polar surface area (TPSA) is 58.6 Å². The number of aromatic hydroxyl groups is 1. The van der Waals surface area contributed by atoms with Gasteiger partial charge in [0.25, 0.3) is 5.91 Å². The molecule has 0 radical (unpaired) electrons. The molecule has 0 unspecified atom stereocenters. The van der Waals surface area contributed by atoms with Gasteiger partial charge in [-0.15, -0.1) is 11.6 Å². The van der Waals surface area contributed by atoms with Crippen molar-refractivity contribution in [3.05, 3.63) is 23.8 Å². The number of hydrogen-bond donors (Lipinski definition) is 2. The van der Waals surface area contributed by atoms with Gasteiger partial charge in [-0.25, -0.2) is 0 Å². The molecular formula is C14H20ClNO3. The molecule has 0 heterocycles. The van der Waals surface area contributed by atoms with Gasteiger partial charge in [-0.1, -0.05) is 13.8 Å². The van der Waals surface area contributed by atoms with Crippen molar-refractivity contribution in [1.29, 1.82) is 0 Å². The molecule has 1 amide bonds. The maximum atomic E-state index is 12.0. The molecule has 0 bridgehead atoms. The normalized spacial score (nSPS) is 11.2. The Morgan fingerprint density at radius 1 is 1.47 bits per heavy atom. The second-order valence-corrected chi connectivity index (χ2v) is 5.55. The molecule has 0 saturated heterocycles. The van der Waals surface area contributed by atoms with Crippen LogP contribution in [0, 0.1) is 5.41 Å². The fourth-order valence-electron chi connectivity index (χ4n) is 1.59. The Hall–Kier alpha value is -1.42. The van der Waals surface area contributed by atoms with Gasteiger partial charge in [0, 0.05) is 18.5 Å². The van der Waals surface area contributed by atoms with Crippen molar-refractivity contribution < 1.29 is 14.6 Å². The van der Waals surface area contributed by atoms with E-state index in [0.29, 0.717) is 18.2 Å². The maximum absolute atomic E-state index is 12.0. The molecule has 19 heavy (non-hydrogen) atoms. The molecule has 0 fully saturated rings. The molecule has 1 aromatic carbocycles. The highest BCUT2D eigenvalue weighted by Gasteiger charge is 2.19. The SMILES string of the molecule is COc1ccc(C(=O)NCC(C)(C)CCCl)c(O)c1. The number of phenolic OH excluding ortho intramolecular Hbond substituents is 1. The summed E-state index contributed by atoms with van der Waals surface area (Å²) in [6.07, 6.45) is 0.809. The van der Waals surface area contributed by atoms with Crippen molar-refractivity contribution in [3.63, 3.8) is 0 Å². The van der Waals surface area contributed by atoms with E-state index in [0.717, 1.165) is 6.42 Å². The minimum atomic E-state index is -0.303. The van der Waals surface area contributed by atoms with Gasteiger partial charge >= 0.3 is 0 Å². The molecule has 0 atom stereocenters. The lowest BCUT2D eigenvalue weighted by Gasteiger charge is -2.23. The predicted octanol–water partition coefficient (Wildman–Crippen LogP) is 2.79. The summed E-state index contributed by atoms with van der Waals surface area (Å²) in [5.41, 5.74) is 0.168. The summed E-state index contributed by atoms with van der Waals surface area (Å²) in [5.74, 6) is 0.669.